The fraction of sp³-hybridized carbons (Fsp3) is 0.286. The van der Waals surface area contributed by atoms with E-state index < -0.39 is 12.0 Å². The number of piperazine rings is 1. The summed E-state index contributed by atoms with van der Waals surface area (Å²) in [6, 6.07) is 15.3. The molecule has 3 aromatic carbocycles. The first-order valence-corrected chi connectivity index (χ1v) is 14.2. The molecule has 2 aliphatic heterocycles. The minimum absolute atomic E-state index is 0.0387. The largest absolute Gasteiger partial charge is 0.453 e. The number of fused-ring (bicyclic) bond motifs is 1. The molecule has 2 aliphatic rings. The van der Waals surface area contributed by atoms with Crippen LogP contribution in [0.4, 0.5) is 20.2 Å². The SMILES string of the molecule is O=c1c2cc(Oc3c(F)ccc(NSN4CCC(F)C4)c3Cl)ccc2ncn1-c1ccc(N2CCNCC2)cc1. The molecule has 2 saturated heterocycles. The minimum Gasteiger partial charge on any atom is -0.453 e. The van der Waals surface area contributed by atoms with Crippen molar-refractivity contribution in [3.63, 3.8) is 0 Å². The lowest BCUT2D eigenvalue weighted by molar-refractivity contribution is 0.349. The van der Waals surface area contributed by atoms with Crippen molar-refractivity contribution in [1.82, 2.24) is 19.2 Å². The molecule has 0 spiro atoms. The number of aromatic nitrogens is 2. The van der Waals surface area contributed by atoms with Gasteiger partial charge >= 0.3 is 0 Å². The van der Waals surface area contributed by atoms with E-state index in [0.717, 1.165) is 31.9 Å². The molecule has 1 atom stereocenters. The van der Waals surface area contributed by atoms with E-state index in [4.69, 9.17) is 16.3 Å². The Labute approximate surface area is 239 Å². The lowest BCUT2D eigenvalue weighted by Gasteiger charge is -2.29. The molecule has 0 bridgehead atoms. The quantitative estimate of drug-likeness (QED) is 0.280. The Balaban J connectivity index is 1.24. The van der Waals surface area contributed by atoms with E-state index in [9.17, 15) is 13.6 Å². The van der Waals surface area contributed by atoms with Crippen LogP contribution in [0.2, 0.25) is 5.02 Å². The van der Waals surface area contributed by atoms with Crippen LogP contribution >= 0.6 is 23.7 Å². The van der Waals surface area contributed by atoms with E-state index in [1.54, 1.807) is 12.1 Å². The Morgan fingerprint density at radius 3 is 2.58 bits per heavy atom. The summed E-state index contributed by atoms with van der Waals surface area (Å²) in [5, 5.41) is 3.70. The third-order valence-corrected chi connectivity index (χ3v) is 8.26. The van der Waals surface area contributed by atoms with Gasteiger partial charge in [-0.05, 0) is 61.0 Å². The number of anilines is 2. The molecule has 0 saturated carbocycles. The van der Waals surface area contributed by atoms with Crippen molar-refractivity contribution in [2.45, 2.75) is 12.6 Å². The van der Waals surface area contributed by atoms with Crippen LogP contribution in [0.15, 0.2) is 65.7 Å². The predicted molar refractivity (Wildman–Crippen MR) is 156 cm³/mol. The van der Waals surface area contributed by atoms with Crippen LogP contribution in [-0.4, -0.2) is 59.3 Å². The first-order valence-electron chi connectivity index (χ1n) is 13.0. The Kier molecular flexibility index (Phi) is 7.79. The van der Waals surface area contributed by atoms with Crippen LogP contribution in [0.5, 0.6) is 11.5 Å². The molecule has 12 heteroatoms. The second-order valence-electron chi connectivity index (χ2n) is 9.66. The molecule has 40 heavy (non-hydrogen) atoms. The van der Waals surface area contributed by atoms with Gasteiger partial charge in [-0.25, -0.2) is 18.1 Å². The number of hydrogen-bond donors (Lipinski definition) is 2. The van der Waals surface area contributed by atoms with Gasteiger partial charge in [-0.15, -0.1) is 0 Å². The normalized spacial score (nSPS) is 17.9. The van der Waals surface area contributed by atoms with Crippen molar-refractivity contribution in [3.8, 4) is 17.2 Å². The summed E-state index contributed by atoms with van der Waals surface area (Å²) in [5.74, 6) is -0.591. The summed E-state index contributed by atoms with van der Waals surface area (Å²) in [5.41, 5.74) is 2.43. The molecule has 2 fully saturated rings. The Bertz CT molecular complexity index is 1580. The smallest absolute Gasteiger partial charge is 0.265 e. The molecule has 0 aliphatic carbocycles. The molecule has 1 aromatic heterocycles. The van der Waals surface area contributed by atoms with E-state index >= 15 is 0 Å². The monoisotopic (exact) mass is 584 g/mol. The summed E-state index contributed by atoms with van der Waals surface area (Å²) in [4.78, 5) is 20.2. The Morgan fingerprint density at radius 2 is 1.82 bits per heavy atom. The number of hydrogen-bond acceptors (Lipinski definition) is 8. The molecule has 208 valence electrons. The van der Waals surface area contributed by atoms with E-state index in [1.165, 1.54) is 41.2 Å². The number of nitrogens with zero attached hydrogens (tertiary/aromatic N) is 4. The Hall–Kier alpha value is -3.38. The van der Waals surface area contributed by atoms with Crippen LogP contribution in [0.25, 0.3) is 16.6 Å². The summed E-state index contributed by atoms with van der Waals surface area (Å²) in [6.07, 6.45) is 1.11. The van der Waals surface area contributed by atoms with Crippen molar-refractivity contribution in [2.24, 2.45) is 0 Å². The maximum atomic E-state index is 14.8. The molecular weight excluding hydrogens is 558 g/mol. The van der Waals surface area contributed by atoms with Crippen LogP contribution in [0, 0.1) is 5.82 Å². The third kappa shape index (κ3) is 5.60. The molecule has 4 aromatic rings. The second-order valence-corrected chi connectivity index (χ2v) is 10.9. The van der Waals surface area contributed by atoms with Crippen LogP contribution in [0.3, 0.4) is 0 Å². The van der Waals surface area contributed by atoms with Gasteiger partial charge in [-0.3, -0.25) is 9.36 Å². The molecule has 1 unspecified atom stereocenters. The number of halogens is 3. The van der Waals surface area contributed by atoms with Gasteiger partial charge in [0.2, 0.25) is 0 Å². The number of benzene rings is 3. The van der Waals surface area contributed by atoms with Gasteiger partial charge in [0, 0.05) is 57.1 Å². The average molecular weight is 585 g/mol. The summed E-state index contributed by atoms with van der Waals surface area (Å²) < 4.78 is 40.4. The van der Waals surface area contributed by atoms with Gasteiger partial charge in [0.25, 0.3) is 5.56 Å². The Morgan fingerprint density at radius 1 is 1.05 bits per heavy atom. The standard InChI is InChI=1S/C28H27ClF2N6O2S/c29-26-25(34-40-36-12-9-18(30)16-36)8-6-23(31)27(26)39-21-5-7-24-22(15-21)28(38)37(17-33-24)20-3-1-19(2-4-20)35-13-10-32-11-14-35/h1-8,15,17-18,32,34H,9-14,16H2. The lowest BCUT2D eigenvalue weighted by atomic mass is 10.2. The molecule has 8 nitrogen and oxygen atoms in total. The fourth-order valence-electron chi connectivity index (χ4n) is 4.80. The van der Waals surface area contributed by atoms with Crippen LogP contribution < -0.4 is 25.2 Å². The van der Waals surface area contributed by atoms with E-state index in [1.807, 2.05) is 28.6 Å². The zero-order chi connectivity index (χ0) is 27.6. The van der Waals surface area contributed by atoms with Gasteiger partial charge in [0.05, 0.1) is 22.3 Å². The number of nitrogens with one attached hydrogen (secondary N) is 2. The molecule has 3 heterocycles. The van der Waals surface area contributed by atoms with Crippen molar-refractivity contribution in [1.29, 1.82) is 0 Å². The highest BCUT2D eigenvalue weighted by Gasteiger charge is 2.23. The maximum absolute atomic E-state index is 14.8. The highest BCUT2D eigenvalue weighted by molar-refractivity contribution is 7.98. The first kappa shape index (κ1) is 26.8. The topological polar surface area (TPSA) is 74.7 Å². The highest BCUT2D eigenvalue weighted by Crippen LogP contribution is 2.39. The predicted octanol–water partition coefficient (Wildman–Crippen LogP) is 5.40. The van der Waals surface area contributed by atoms with E-state index in [2.05, 4.69) is 19.9 Å². The van der Waals surface area contributed by atoms with Gasteiger partial charge in [0.1, 0.15) is 23.3 Å². The van der Waals surface area contributed by atoms with Crippen molar-refractivity contribution >= 4 is 46.0 Å². The van der Waals surface area contributed by atoms with Gasteiger partial charge in [-0.2, -0.15) is 0 Å². The van der Waals surface area contributed by atoms with Crippen molar-refractivity contribution in [2.75, 3.05) is 48.9 Å². The van der Waals surface area contributed by atoms with Crippen LogP contribution in [-0.2, 0) is 0 Å². The molecule has 2 N–H and O–H groups in total. The third-order valence-electron chi connectivity index (χ3n) is 6.99. The summed E-state index contributed by atoms with van der Waals surface area (Å²) in [7, 11) is 0. The van der Waals surface area contributed by atoms with Crippen molar-refractivity contribution in [3.05, 3.63) is 82.1 Å². The van der Waals surface area contributed by atoms with Gasteiger partial charge in [-0.1, -0.05) is 11.6 Å². The van der Waals surface area contributed by atoms with Crippen LogP contribution in [0.1, 0.15) is 6.42 Å². The number of ether oxygens (including phenoxy) is 1. The zero-order valence-corrected chi connectivity index (χ0v) is 23.0. The highest BCUT2D eigenvalue weighted by atomic mass is 35.5. The van der Waals surface area contributed by atoms with E-state index in [-0.39, 0.29) is 22.1 Å². The fourth-order valence-corrected chi connectivity index (χ4v) is 5.93. The first-order chi connectivity index (χ1) is 19.5. The summed E-state index contributed by atoms with van der Waals surface area (Å²) in [6.45, 7) is 4.65. The zero-order valence-electron chi connectivity index (χ0n) is 21.4. The second kappa shape index (κ2) is 11.6. The molecule has 0 radical (unpaired) electrons. The summed E-state index contributed by atoms with van der Waals surface area (Å²) >= 11 is 7.69. The molecular formula is C28H27ClF2N6O2S. The molecule has 6 rings (SSSR count). The van der Waals surface area contributed by atoms with Crippen molar-refractivity contribution < 1.29 is 13.5 Å². The number of rotatable bonds is 7. The van der Waals surface area contributed by atoms with E-state index in [0.29, 0.717) is 41.8 Å². The number of alkyl halides is 1. The van der Waals surface area contributed by atoms with Gasteiger partial charge < -0.3 is 19.7 Å². The average Bonchev–Trinajstić information content (AvgIpc) is 3.40. The van der Waals surface area contributed by atoms with Gasteiger partial charge in [0.15, 0.2) is 11.6 Å². The maximum Gasteiger partial charge on any atom is 0.265 e. The lowest BCUT2D eigenvalue weighted by Crippen LogP contribution is -2.43. The minimum atomic E-state index is -0.861. The molecule has 0 amide bonds.